The van der Waals surface area contributed by atoms with Crippen LogP contribution in [-0.4, -0.2) is 18.3 Å². The first kappa shape index (κ1) is 13.5. The van der Waals surface area contributed by atoms with Gasteiger partial charge in [-0.15, -0.1) is 11.6 Å². The lowest BCUT2D eigenvalue weighted by molar-refractivity contribution is 0.0892. The molecule has 0 bridgehead atoms. The Morgan fingerprint density at radius 3 is 2.72 bits per heavy atom. The van der Waals surface area contributed by atoms with E-state index in [4.69, 9.17) is 16.0 Å². The van der Waals surface area contributed by atoms with E-state index in [9.17, 15) is 4.79 Å². The Hall–Kier alpha value is -0.960. The maximum absolute atomic E-state index is 12.0. The highest BCUT2D eigenvalue weighted by molar-refractivity contribution is 6.18. The number of halogens is 1. The highest BCUT2D eigenvalue weighted by Crippen LogP contribution is 2.36. The maximum Gasteiger partial charge on any atom is 0.287 e. The van der Waals surface area contributed by atoms with Crippen molar-refractivity contribution < 1.29 is 9.21 Å². The number of carbonyl (C=O) groups excluding carboxylic acids is 1. The lowest BCUT2D eigenvalue weighted by Crippen LogP contribution is -2.40. The number of rotatable bonds is 4. The van der Waals surface area contributed by atoms with Gasteiger partial charge in [0.1, 0.15) is 0 Å². The zero-order valence-electron chi connectivity index (χ0n) is 10.8. The van der Waals surface area contributed by atoms with Crippen molar-refractivity contribution in [3.05, 3.63) is 23.7 Å². The Kier molecular flexibility index (Phi) is 4.33. The minimum absolute atomic E-state index is 0.0793. The van der Waals surface area contributed by atoms with E-state index in [1.54, 1.807) is 12.3 Å². The van der Waals surface area contributed by atoms with E-state index in [2.05, 4.69) is 5.32 Å². The molecule has 1 amide bonds. The molecular formula is C14H20ClNO2. The van der Waals surface area contributed by atoms with E-state index in [0.717, 1.165) is 18.4 Å². The molecule has 1 saturated carbocycles. The summed E-state index contributed by atoms with van der Waals surface area (Å²) in [6, 6.07) is 1.80. The molecule has 1 aromatic rings. The average molecular weight is 270 g/mol. The van der Waals surface area contributed by atoms with Crippen LogP contribution in [-0.2, 0) is 0 Å². The summed E-state index contributed by atoms with van der Waals surface area (Å²) in [6.45, 7) is 2.52. The van der Waals surface area contributed by atoms with E-state index >= 15 is 0 Å². The van der Waals surface area contributed by atoms with Gasteiger partial charge in [-0.3, -0.25) is 4.79 Å². The second kappa shape index (κ2) is 5.79. The van der Waals surface area contributed by atoms with Crippen LogP contribution in [0.3, 0.4) is 0 Å². The zero-order chi connectivity index (χ0) is 13.0. The SMILES string of the molecule is Cc1ccoc1C(=O)NCC1(CCl)CCCCC1. The normalized spacial score (nSPS) is 18.6. The molecule has 1 fully saturated rings. The Bertz CT molecular complexity index is 408. The van der Waals surface area contributed by atoms with Crippen LogP contribution in [0.5, 0.6) is 0 Å². The van der Waals surface area contributed by atoms with Gasteiger partial charge >= 0.3 is 0 Å². The third kappa shape index (κ3) is 2.89. The average Bonchev–Trinajstić information content (AvgIpc) is 2.83. The van der Waals surface area contributed by atoms with Crippen LogP contribution in [0.1, 0.15) is 48.2 Å². The van der Waals surface area contributed by atoms with Gasteiger partial charge in [0.25, 0.3) is 5.91 Å². The molecule has 3 nitrogen and oxygen atoms in total. The summed E-state index contributed by atoms with van der Waals surface area (Å²) in [5.74, 6) is 0.896. The molecule has 0 saturated heterocycles. The van der Waals surface area contributed by atoms with Crippen molar-refractivity contribution >= 4 is 17.5 Å². The Morgan fingerprint density at radius 2 is 2.17 bits per heavy atom. The van der Waals surface area contributed by atoms with E-state index < -0.39 is 0 Å². The molecule has 1 aliphatic rings. The number of aryl methyl sites for hydroxylation is 1. The first-order valence-corrected chi connectivity index (χ1v) is 7.09. The molecule has 4 heteroatoms. The van der Waals surface area contributed by atoms with Crippen LogP contribution in [0.25, 0.3) is 0 Å². The number of hydrogen-bond acceptors (Lipinski definition) is 2. The van der Waals surface area contributed by atoms with Crippen LogP contribution in [0.2, 0.25) is 0 Å². The molecule has 0 aromatic carbocycles. The molecule has 1 aromatic heterocycles. The fraction of sp³-hybridized carbons (Fsp3) is 0.643. The highest BCUT2D eigenvalue weighted by atomic mass is 35.5. The third-order valence-corrected chi connectivity index (χ3v) is 4.46. The molecule has 18 heavy (non-hydrogen) atoms. The van der Waals surface area contributed by atoms with Gasteiger partial charge in [-0.1, -0.05) is 19.3 Å². The van der Waals surface area contributed by atoms with Gasteiger partial charge in [-0.25, -0.2) is 0 Å². The summed E-state index contributed by atoms with van der Waals surface area (Å²) < 4.78 is 5.19. The van der Waals surface area contributed by atoms with Crippen molar-refractivity contribution in [2.75, 3.05) is 12.4 Å². The summed E-state index contributed by atoms with van der Waals surface area (Å²) in [5, 5.41) is 2.97. The van der Waals surface area contributed by atoms with Gasteiger partial charge in [-0.05, 0) is 25.8 Å². The Balaban J connectivity index is 1.94. The van der Waals surface area contributed by atoms with E-state index in [1.807, 2.05) is 6.92 Å². The van der Waals surface area contributed by atoms with Crippen molar-refractivity contribution in [2.24, 2.45) is 5.41 Å². The lowest BCUT2D eigenvalue weighted by atomic mass is 9.75. The molecule has 100 valence electrons. The lowest BCUT2D eigenvalue weighted by Gasteiger charge is -2.35. The summed E-state index contributed by atoms with van der Waals surface area (Å²) in [5.41, 5.74) is 0.951. The highest BCUT2D eigenvalue weighted by Gasteiger charge is 2.31. The van der Waals surface area contributed by atoms with Crippen LogP contribution < -0.4 is 5.32 Å². The molecule has 0 spiro atoms. The topological polar surface area (TPSA) is 42.2 Å². The molecule has 0 unspecified atom stereocenters. The maximum atomic E-state index is 12.0. The molecule has 1 heterocycles. The number of nitrogens with one attached hydrogen (secondary N) is 1. The third-order valence-electron chi connectivity index (χ3n) is 3.89. The molecule has 0 aliphatic heterocycles. The van der Waals surface area contributed by atoms with Gasteiger partial charge in [-0.2, -0.15) is 0 Å². The van der Waals surface area contributed by atoms with Gasteiger partial charge in [0.15, 0.2) is 5.76 Å². The van der Waals surface area contributed by atoms with Gasteiger partial charge in [0.2, 0.25) is 0 Å². The standard InChI is InChI=1S/C14H20ClNO2/c1-11-5-8-18-12(11)13(17)16-10-14(9-15)6-3-2-4-7-14/h5,8H,2-4,6-7,9-10H2,1H3,(H,16,17). The molecule has 1 N–H and O–H groups in total. The quantitative estimate of drug-likeness (QED) is 0.850. The summed E-state index contributed by atoms with van der Waals surface area (Å²) in [6.07, 6.45) is 7.46. The van der Waals surface area contributed by atoms with E-state index in [-0.39, 0.29) is 11.3 Å². The smallest absolute Gasteiger partial charge is 0.287 e. The number of hydrogen-bond donors (Lipinski definition) is 1. The van der Waals surface area contributed by atoms with Crippen molar-refractivity contribution in [2.45, 2.75) is 39.0 Å². The minimum Gasteiger partial charge on any atom is -0.459 e. The minimum atomic E-state index is -0.132. The number of alkyl halides is 1. The van der Waals surface area contributed by atoms with Gasteiger partial charge in [0.05, 0.1) is 6.26 Å². The van der Waals surface area contributed by atoms with Gasteiger partial charge < -0.3 is 9.73 Å². The van der Waals surface area contributed by atoms with Crippen LogP contribution in [0, 0.1) is 12.3 Å². The fourth-order valence-corrected chi connectivity index (χ4v) is 2.97. The van der Waals surface area contributed by atoms with Crippen LogP contribution >= 0.6 is 11.6 Å². The zero-order valence-corrected chi connectivity index (χ0v) is 11.6. The second-order valence-electron chi connectivity index (χ2n) is 5.31. The summed E-state index contributed by atoms with van der Waals surface area (Å²) in [7, 11) is 0. The largest absolute Gasteiger partial charge is 0.459 e. The molecule has 0 radical (unpaired) electrons. The second-order valence-corrected chi connectivity index (χ2v) is 5.58. The Labute approximate surface area is 113 Å². The number of carbonyl (C=O) groups is 1. The predicted molar refractivity (Wildman–Crippen MR) is 72.0 cm³/mol. The van der Waals surface area contributed by atoms with Crippen LogP contribution in [0.4, 0.5) is 0 Å². The molecule has 1 aliphatic carbocycles. The molecule has 2 rings (SSSR count). The number of furan rings is 1. The van der Waals surface area contributed by atoms with E-state index in [0.29, 0.717) is 18.2 Å². The first-order chi connectivity index (χ1) is 8.67. The summed E-state index contributed by atoms with van der Waals surface area (Å²) >= 11 is 6.10. The fourth-order valence-electron chi connectivity index (χ4n) is 2.61. The van der Waals surface area contributed by atoms with Crippen molar-refractivity contribution in [3.8, 4) is 0 Å². The van der Waals surface area contributed by atoms with Crippen LogP contribution in [0.15, 0.2) is 16.7 Å². The predicted octanol–water partition coefficient (Wildman–Crippen LogP) is 3.51. The number of amides is 1. The monoisotopic (exact) mass is 269 g/mol. The van der Waals surface area contributed by atoms with Crippen molar-refractivity contribution in [3.63, 3.8) is 0 Å². The first-order valence-electron chi connectivity index (χ1n) is 6.55. The van der Waals surface area contributed by atoms with Crippen molar-refractivity contribution in [1.29, 1.82) is 0 Å². The van der Waals surface area contributed by atoms with Crippen molar-refractivity contribution in [1.82, 2.24) is 5.32 Å². The Morgan fingerprint density at radius 1 is 1.44 bits per heavy atom. The van der Waals surface area contributed by atoms with E-state index in [1.165, 1.54) is 19.3 Å². The molecular weight excluding hydrogens is 250 g/mol. The summed E-state index contributed by atoms with van der Waals surface area (Å²) in [4.78, 5) is 12.0. The van der Waals surface area contributed by atoms with Gasteiger partial charge in [0, 0.05) is 23.4 Å². The molecule has 0 atom stereocenters.